The Bertz CT molecular complexity index is 685. The first-order chi connectivity index (χ1) is 9.85. The maximum Gasteiger partial charge on any atom is 0.261 e. The van der Waals surface area contributed by atoms with E-state index in [9.17, 15) is 18.0 Å². The van der Waals surface area contributed by atoms with Crippen LogP contribution in [0, 0.1) is 0 Å². The van der Waals surface area contributed by atoms with Crippen molar-refractivity contribution in [3.05, 3.63) is 29.3 Å². The molecule has 0 radical (unpaired) electrons. The van der Waals surface area contributed by atoms with E-state index in [1.165, 1.54) is 25.2 Å². The number of rotatable bonds is 6. The first-order valence-electron chi connectivity index (χ1n) is 6.53. The van der Waals surface area contributed by atoms with Crippen molar-refractivity contribution in [1.82, 2.24) is 10.2 Å². The number of anilines is 1. The van der Waals surface area contributed by atoms with Crippen molar-refractivity contribution < 1.29 is 18.0 Å². The average molecular weight is 311 g/mol. The van der Waals surface area contributed by atoms with Gasteiger partial charge < -0.3 is 5.32 Å². The lowest BCUT2D eigenvalue weighted by Gasteiger charge is -2.09. The highest BCUT2D eigenvalue weighted by Crippen LogP contribution is 2.25. The molecule has 0 atom stereocenters. The summed E-state index contributed by atoms with van der Waals surface area (Å²) in [6.45, 7) is 2.92. The number of nitrogens with zero attached hydrogens (tertiary/aromatic N) is 1. The van der Waals surface area contributed by atoms with Gasteiger partial charge in [0.05, 0.1) is 16.9 Å². The SMILES string of the molecule is CCNCCS(=O)(=O)Nc1ccc2c(c1)C(=O)N(C)C2=O. The smallest absolute Gasteiger partial charge is 0.261 e. The number of hydrogen-bond acceptors (Lipinski definition) is 5. The van der Waals surface area contributed by atoms with Crippen LogP contribution in [0.5, 0.6) is 0 Å². The second kappa shape index (κ2) is 5.82. The third-order valence-electron chi connectivity index (χ3n) is 3.16. The molecule has 114 valence electrons. The zero-order chi connectivity index (χ0) is 15.6. The van der Waals surface area contributed by atoms with Gasteiger partial charge in [-0.3, -0.25) is 19.2 Å². The number of benzene rings is 1. The van der Waals surface area contributed by atoms with Crippen LogP contribution in [0.1, 0.15) is 27.6 Å². The summed E-state index contributed by atoms with van der Waals surface area (Å²) in [5.74, 6) is -0.870. The van der Waals surface area contributed by atoms with Gasteiger partial charge in [0, 0.05) is 19.3 Å². The van der Waals surface area contributed by atoms with Gasteiger partial charge in [-0.2, -0.15) is 0 Å². The van der Waals surface area contributed by atoms with E-state index in [-0.39, 0.29) is 28.5 Å². The van der Waals surface area contributed by atoms with Crippen LogP contribution in [0.3, 0.4) is 0 Å². The summed E-state index contributed by atoms with van der Waals surface area (Å²) in [5, 5.41) is 2.93. The van der Waals surface area contributed by atoms with Crippen molar-refractivity contribution in [2.45, 2.75) is 6.92 Å². The number of carbonyl (C=O) groups excluding carboxylic acids is 2. The molecule has 0 spiro atoms. The predicted octanol–water partition coefficient (Wildman–Crippen LogP) is 0.264. The second-order valence-electron chi connectivity index (χ2n) is 4.70. The molecule has 0 aromatic heterocycles. The Balaban J connectivity index is 2.17. The number of imide groups is 1. The van der Waals surface area contributed by atoms with E-state index in [0.717, 1.165) is 4.90 Å². The summed E-state index contributed by atoms with van der Waals surface area (Å²) in [7, 11) is -2.10. The molecule has 0 fully saturated rings. The Morgan fingerprint density at radius 2 is 1.81 bits per heavy atom. The molecule has 0 bridgehead atoms. The minimum atomic E-state index is -3.49. The van der Waals surface area contributed by atoms with Crippen LogP contribution >= 0.6 is 0 Å². The molecule has 21 heavy (non-hydrogen) atoms. The topological polar surface area (TPSA) is 95.6 Å². The third-order valence-corrected chi connectivity index (χ3v) is 4.45. The number of sulfonamides is 1. The van der Waals surface area contributed by atoms with Crippen molar-refractivity contribution in [3.63, 3.8) is 0 Å². The largest absolute Gasteiger partial charge is 0.316 e. The van der Waals surface area contributed by atoms with Gasteiger partial charge in [-0.15, -0.1) is 0 Å². The van der Waals surface area contributed by atoms with Crippen molar-refractivity contribution in [2.75, 3.05) is 30.6 Å². The molecule has 2 amide bonds. The van der Waals surface area contributed by atoms with Gasteiger partial charge in [-0.05, 0) is 24.7 Å². The van der Waals surface area contributed by atoms with Gasteiger partial charge in [0.25, 0.3) is 11.8 Å². The molecular weight excluding hydrogens is 294 g/mol. The fourth-order valence-electron chi connectivity index (χ4n) is 2.04. The van der Waals surface area contributed by atoms with Gasteiger partial charge >= 0.3 is 0 Å². The normalized spacial score (nSPS) is 14.5. The zero-order valence-corrected chi connectivity index (χ0v) is 12.7. The Hall–Kier alpha value is -1.93. The highest BCUT2D eigenvalue weighted by atomic mass is 32.2. The minimum Gasteiger partial charge on any atom is -0.316 e. The second-order valence-corrected chi connectivity index (χ2v) is 6.55. The minimum absolute atomic E-state index is 0.0648. The Morgan fingerprint density at radius 1 is 1.14 bits per heavy atom. The molecule has 2 N–H and O–H groups in total. The summed E-state index contributed by atoms with van der Waals surface area (Å²) in [6, 6.07) is 4.33. The number of amides is 2. The highest BCUT2D eigenvalue weighted by Gasteiger charge is 2.32. The standard InChI is InChI=1S/C13H17N3O4S/c1-3-14-6-7-21(19,20)15-9-4-5-10-11(8-9)13(18)16(2)12(10)17/h4-5,8,14-15H,3,6-7H2,1-2H3. The Morgan fingerprint density at radius 3 is 2.48 bits per heavy atom. The molecule has 0 unspecified atom stereocenters. The van der Waals surface area contributed by atoms with Crippen molar-refractivity contribution in [2.24, 2.45) is 0 Å². The van der Waals surface area contributed by atoms with Crippen LogP contribution in [0.2, 0.25) is 0 Å². The summed E-state index contributed by atoms with van der Waals surface area (Å²) in [5.41, 5.74) is 0.786. The van der Waals surface area contributed by atoms with Crippen LogP contribution in [-0.2, 0) is 10.0 Å². The van der Waals surface area contributed by atoms with Crippen molar-refractivity contribution in [1.29, 1.82) is 0 Å². The molecule has 0 saturated carbocycles. The van der Waals surface area contributed by atoms with E-state index in [2.05, 4.69) is 10.0 Å². The summed E-state index contributed by atoms with van der Waals surface area (Å²) in [6.07, 6.45) is 0. The van der Waals surface area contributed by atoms with Gasteiger partial charge in [-0.1, -0.05) is 6.92 Å². The lowest BCUT2D eigenvalue weighted by atomic mass is 10.1. The van der Waals surface area contributed by atoms with E-state index in [0.29, 0.717) is 13.1 Å². The van der Waals surface area contributed by atoms with Gasteiger partial charge in [0.15, 0.2) is 0 Å². The molecule has 0 saturated heterocycles. The predicted molar refractivity (Wildman–Crippen MR) is 78.8 cm³/mol. The van der Waals surface area contributed by atoms with E-state index in [1.807, 2.05) is 6.92 Å². The Kier molecular flexibility index (Phi) is 4.29. The maximum absolute atomic E-state index is 11.9. The number of nitrogens with one attached hydrogen (secondary N) is 2. The average Bonchev–Trinajstić information content (AvgIpc) is 2.63. The molecule has 1 aromatic carbocycles. The lowest BCUT2D eigenvalue weighted by Crippen LogP contribution is -2.26. The molecule has 2 rings (SSSR count). The number of hydrogen-bond donors (Lipinski definition) is 2. The fraction of sp³-hybridized carbons (Fsp3) is 0.385. The Labute approximate surface area is 123 Å². The lowest BCUT2D eigenvalue weighted by molar-refractivity contribution is 0.0693. The molecule has 8 heteroatoms. The quantitative estimate of drug-likeness (QED) is 0.580. The van der Waals surface area contributed by atoms with Gasteiger partial charge in [0.2, 0.25) is 10.0 Å². The van der Waals surface area contributed by atoms with E-state index in [1.54, 1.807) is 0 Å². The van der Waals surface area contributed by atoms with Crippen LogP contribution < -0.4 is 10.0 Å². The zero-order valence-electron chi connectivity index (χ0n) is 11.8. The summed E-state index contributed by atoms with van der Waals surface area (Å²) in [4.78, 5) is 24.6. The molecule has 7 nitrogen and oxygen atoms in total. The van der Waals surface area contributed by atoms with Crippen LogP contribution in [-0.4, -0.2) is 51.0 Å². The first kappa shape index (κ1) is 15.5. The van der Waals surface area contributed by atoms with Gasteiger partial charge in [-0.25, -0.2) is 8.42 Å². The third kappa shape index (κ3) is 3.22. The molecule has 1 aromatic rings. The van der Waals surface area contributed by atoms with Crippen LogP contribution in [0.15, 0.2) is 18.2 Å². The first-order valence-corrected chi connectivity index (χ1v) is 8.18. The van der Waals surface area contributed by atoms with E-state index in [4.69, 9.17) is 0 Å². The summed E-state index contributed by atoms with van der Waals surface area (Å²) < 4.78 is 26.2. The van der Waals surface area contributed by atoms with Crippen LogP contribution in [0.4, 0.5) is 5.69 Å². The van der Waals surface area contributed by atoms with Gasteiger partial charge in [0.1, 0.15) is 0 Å². The highest BCUT2D eigenvalue weighted by molar-refractivity contribution is 7.92. The molecular formula is C13H17N3O4S. The number of carbonyl (C=O) groups is 2. The van der Waals surface area contributed by atoms with Crippen molar-refractivity contribution >= 4 is 27.5 Å². The maximum atomic E-state index is 11.9. The fourth-order valence-corrected chi connectivity index (χ4v) is 3.04. The number of fused-ring (bicyclic) bond motifs is 1. The van der Waals surface area contributed by atoms with E-state index >= 15 is 0 Å². The monoisotopic (exact) mass is 311 g/mol. The van der Waals surface area contributed by atoms with Crippen LogP contribution in [0.25, 0.3) is 0 Å². The van der Waals surface area contributed by atoms with Crippen molar-refractivity contribution in [3.8, 4) is 0 Å². The van der Waals surface area contributed by atoms with E-state index < -0.39 is 15.9 Å². The molecule has 0 aliphatic carbocycles. The molecule has 1 heterocycles. The molecule has 1 aliphatic rings. The molecule has 1 aliphatic heterocycles. The summed E-state index contributed by atoms with van der Waals surface area (Å²) >= 11 is 0.